The van der Waals surface area contributed by atoms with Crippen LogP contribution in [-0.2, 0) is 0 Å². The average Bonchev–Trinajstić information content (AvgIpc) is 2.82. The second-order valence-electron chi connectivity index (χ2n) is 4.59. The predicted octanol–water partition coefficient (Wildman–Crippen LogP) is 2.76. The van der Waals surface area contributed by atoms with Crippen molar-refractivity contribution < 1.29 is 14.8 Å². The number of carbonyl (C=O) groups is 1. The van der Waals surface area contributed by atoms with Crippen LogP contribution in [0.2, 0.25) is 0 Å². The SMILES string of the molecule is CC(C)c1c(C(=O)O)nnn1-c1ccc([N+](=O)[O-])c(Br)c1. The minimum absolute atomic E-state index is 0.0802. The van der Waals surface area contributed by atoms with E-state index in [9.17, 15) is 14.9 Å². The first-order chi connectivity index (χ1) is 9.82. The van der Waals surface area contributed by atoms with E-state index in [-0.39, 0.29) is 21.8 Å². The summed E-state index contributed by atoms with van der Waals surface area (Å²) in [4.78, 5) is 21.5. The topological polar surface area (TPSA) is 111 Å². The maximum Gasteiger partial charge on any atom is 0.358 e. The summed E-state index contributed by atoms with van der Waals surface area (Å²) in [7, 11) is 0. The van der Waals surface area contributed by atoms with Gasteiger partial charge in [0.2, 0.25) is 0 Å². The molecule has 2 rings (SSSR count). The van der Waals surface area contributed by atoms with Gasteiger partial charge in [0, 0.05) is 6.07 Å². The molecule has 0 aliphatic rings. The minimum atomic E-state index is -1.16. The van der Waals surface area contributed by atoms with Crippen LogP contribution >= 0.6 is 15.9 Å². The summed E-state index contributed by atoms with van der Waals surface area (Å²) in [5.74, 6) is -1.29. The van der Waals surface area contributed by atoms with Gasteiger partial charge in [-0.1, -0.05) is 19.1 Å². The molecule has 1 heterocycles. The minimum Gasteiger partial charge on any atom is -0.476 e. The molecule has 0 spiro atoms. The Bertz CT molecular complexity index is 726. The zero-order valence-corrected chi connectivity index (χ0v) is 12.7. The standard InChI is InChI=1S/C12H11BrN4O4/c1-6(2)11-10(12(18)19)14-15-16(11)7-3-4-9(17(20)21)8(13)5-7/h3-6H,1-2H3,(H,18,19). The van der Waals surface area contributed by atoms with Crippen LogP contribution in [0.4, 0.5) is 5.69 Å². The molecule has 0 radical (unpaired) electrons. The number of hydrogen-bond acceptors (Lipinski definition) is 5. The lowest BCUT2D eigenvalue weighted by atomic mass is 10.1. The maximum absolute atomic E-state index is 11.2. The second kappa shape index (κ2) is 5.60. The highest BCUT2D eigenvalue weighted by Crippen LogP contribution is 2.29. The van der Waals surface area contributed by atoms with Crippen LogP contribution in [0.15, 0.2) is 22.7 Å². The van der Waals surface area contributed by atoms with E-state index in [1.807, 2.05) is 13.8 Å². The first kappa shape index (κ1) is 15.1. The fourth-order valence-electron chi connectivity index (χ4n) is 1.93. The molecule has 110 valence electrons. The van der Waals surface area contributed by atoms with Crippen LogP contribution in [0.3, 0.4) is 0 Å². The number of carboxylic acids is 1. The third-order valence-electron chi connectivity index (χ3n) is 2.83. The number of nitro benzene ring substituents is 1. The van der Waals surface area contributed by atoms with Crippen molar-refractivity contribution in [3.05, 3.63) is 44.2 Å². The van der Waals surface area contributed by atoms with Gasteiger partial charge in [0.05, 0.1) is 20.8 Å². The van der Waals surface area contributed by atoms with E-state index in [0.717, 1.165) is 0 Å². The molecule has 0 fully saturated rings. The van der Waals surface area contributed by atoms with E-state index in [1.165, 1.54) is 22.9 Å². The van der Waals surface area contributed by atoms with Gasteiger partial charge >= 0.3 is 5.97 Å². The highest BCUT2D eigenvalue weighted by molar-refractivity contribution is 9.10. The van der Waals surface area contributed by atoms with E-state index in [0.29, 0.717) is 11.4 Å². The van der Waals surface area contributed by atoms with E-state index in [2.05, 4.69) is 26.2 Å². The molecule has 1 aromatic carbocycles. The molecule has 1 N–H and O–H groups in total. The number of carboxylic acid groups (broad SMARTS) is 1. The molecule has 0 saturated carbocycles. The van der Waals surface area contributed by atoms with Gasteiger partial charge in [0.15, 0.2) is 5.69 Å². The fourth-order valence-corrected chi connectivity index (χ4v) is 2.44. The summed E-state index contributed by atoms with van der Waals surface area (Å²) < 4.78 is 1.66. The summed E-state index contributed by atoms with van der Waals surface area (Å²) in [6.07, 6.45) is 0. The number of halogens is 1. The van der Waals surface area contributed by atoms with Gasteiger partial charge in [-0.15, -0.1) is 5.10 Å². The molecular formula is C12H11BrN4O4. The molecule has 9 heteroatoms. The number of nitrogens with zero attached hydrogens (tertiary/aromatic N) is 4. The van der Waals surface area contributed by atoms with Crippen LogP contribution < -0.4 is 0 Å². The number of benzene rings is 1. The van der Waals surface area contributed by atoms with Crippen molar-refractivity contribution in [1.29, 1.82) is 0 Å². The van der Waals surface area contributed by atoms with Crippen molar-refractivity contribution in [3.8, 4) is 5.69 Å². The first-order valence-corrected chi connectivity index (χ1v) is 6.75. The van der Waals surface area contributed by atoms with Crippen LogP contribution in [0.25, 0.3) is 5.69 Å². The third kappa shape index (κ3) is 2.77. The molecule has 1 aromatic heterocycles. The van der Waals surface area contributed by atoms with Gasteiger partial charge in [0.1, 0.15) is 0 Å². The monoisotopic (exact) mass is 354 g/mol. The van der Waals surface area contributed by atoms with Gasteiger partial charge in [-0.2, -0.15) is 0 Å². The van der Waals surface area contributed by atoms with Crippen molar-refractivity contribution in [2.24, 2.45) is 0 Å². The van der Waals surface area contributed by atoms with E-state index < -0.39 is 10.9 Å². The third-order valence-corrected chi connectivity index (χ3v) is 3.46. The van der Waals surface area contributed by atoms with Gasteiger partial charge in [-0.25, -0.2) is 9.48 Å². The molecule has 21 heavy (non-hydrogen) atoms. The number of rotatable bonds is 4. The molecule has 0 saturated heterocycles. The summed E-state index contributed by atoms with van der Waals surface area (Å²) in [5, 5.41) is 27.4. The number of aromatic nitrogens is 3. The Kier molecular flexibility index (Phi) is 4.03. The molecule has 0 unspecified atom stereocenters. The van der Waals surface area contributed by atoms with Crippen molar-refractivity contribution in [2.45, 2.75) is 19.8 Å². The zero-order chi connectivity index (χ0) is 15.7. The number of nitro groups is 1. The Balaban J connectivity index is 2.60. The fraction of sp³-hybridized carbons (Fsp3) is 0.250. The quantitative estimate of drug-likeness (QED) is 0.667. The predicted molar refractivity (Wildman–Crippen MR) is 76.8 cm³/mol. The van der Waals surface area contributed by atoms with Gasteiger partial charge in [-0.05, 0) is 34.0 Å². The highest BCUT2D eigenvalue weighted by Gasteiger charge is 2.23. The molecule has 0 aliphatic heterocycles. The van der Waals surface area contributed by atoms with Crippen molar-refractivity contribution in [2.75, 3.05) is 0 Å². The van der Waals surface area contributed by atoms with Crippen molar-refractivity contribution in [3.63, 3.8) is 0 Å². The average molecular weight is 355 g/mol. The van der Waals surface area contributed by atoms with Crippen molar-refractivity contribution in [1.82, 2.24) is 15.0 Å². The smallest absolute Gasteiger partial charge is 0.358 e. The number of aromatic carboxylic acids is 1. The largest absolute Gasteiger partial charge is 0.476 e. The van der Waals surface area contributed by atoms with E-state index in [4.69, 9.17) is 5.11 Å². The molecular weight excluding hydrogens is 344 g/mol. The first-order valence-electron chi connectivity index (χ1n) is 5.96. The maximum atomic E-state index is 11.2. The summed E-state index contributed by atoms with van der Waals surface area (Å²) in [6.45, 7) is 3.64. The highest BCUT2D eigenvalue weighted by atomic mass is 79.9. The van der Waals surface area contributed by atoms with Crippen molar-refractivity contribution >= 4 is 27.6 Å². The van der Waals surface area contributed by atoms with Crippen LogP contribution in [0.5, 0.6) is 0 Å². The lowest BCUT2D eigenvalue weighted by molar-refractivity contribution is -0.385. The Morgan fingerprint density at radius 1 is 1.48 bits per heavy atom. The van der Waals surface area contributed by atoms with Crippen LogP contribution in [0, 0.1) is 10.1 Å². The molecule has 0 atom stereocenters. The lowest BCUT2D eigenvalue weighted by Gasteiger charge is -2.10. The normalized spacial score (nSPS) is 10.9. The van der Waals surface area contributed by atoms with Crippen LogP contribution in [0.1, 0.15) is 35.9 Å². The Morgan fingerprint density at radius 2 is 2.14 bits per heavy atom. The Hall–Kier alpha value is -2.29. The summed E-state index contributed by atoms with van der Waals surface area (Å²) >= 11 is 3.12. The van der Waals surface area contributed by atoms with Gasteiger partial charge in [0.25, 0.3) is 5.69 Å². The molecule has 0 bridgehead atoms. The van der Waals surface area contributed by atoms with Gasteiger partial charge < -0.3 is 5.11 Å². The Labute approximate surface area is 127 Å². The molecule has 2 aromatic rings. The van der Waals surface area contributed by atoms with Crippen LogP contribution in [-0.4, -0.2) is 31.0 Å². The number of hydrogen-bond donors (Lipinski definition) is 1. The summed E-state index contributed by atoms with van der Waals surface area (Å²) in [5.41, 5.74) is 0.724. The molecule has 8 nitrogen and oxygen atoms in total. The van der Waals surface area contributed by atoms with Gasteiger partial charge in [-0.3, -0.25) is 10.1 Å². The van der Waals surface area contributed by atoms with E-state index in [1.54, 1.807) is 0 Å². The lowest BCUT2D eigenvalue weighted by Crippen LogP contribution is -2.08. The molecule has 0 amide bonds. The van der Waals surface area contributed by atoms with E-state index >= 15 is 0 Å². The Morgan fingerprint density at radius 3 is 2.62 bits per heavy atom. The molecule has 0 aliphatic carbocycles. The zero-order valence-electron chi connectivity index (χ0n) is 11.1. The second-order valence-corrected chi connectivity index (χ2v) is 5.44. The summed E-state index contributed by atoms with van der Waals surface area (Å²) in [6, 6.07) is 4.32.